The maximum Gasteiger partial charge on any atom is 0.323 e. The van der Waals surface area contributed by atoms with Gasteiger partial charge in [0.1, 0.15) is 6.54 Å². The molecule has 1 aromatic heterocycles. The Hall–Kier alpha value is -2.44. The van der Waals surface area contributed by atoms with E-state index in [0.29, 0.717) is 12.2 Å². The molecule has 2 atom stereocenters. The van der Waals surface area contributed by atoms with Gasteiger partial charge in [-0.2, -0.15) is 0 Å². The number of aliphatic hydroxyl groups is 1. The minimum absolute atomic E-state index is 0.107. The van der Waals surface area contributed by atoms with Gasteiger partial charge in [-0.3, -0.25) is 14.5 Å². The topological polar surface area (TPSA) is 82.8 Å². The van der Waals surface area contributed by atoms with Crippen molar-refractivity contribution < 1.29 is 15.0 Å². The lowest BCUT2D eigenvalue weighted by Gasteiger charge is -2.25. The number of carbonyl (C=O) groups is 1. The number of hydrogen-bond acceptors (Lipinski definition) is 4. The number of rotatable bonds is 6. The molecule has 3 rings (SSSR count). The third kappa shape index (κ3) is 4.69. The Labute approximate surface area is 165 Å². The average Bonchev–Trinajstić information content (AvgIpc) is 3.00. The smallest absolute Gasteiger partial charge is 0.323 e. The Morgan fingerprint density at radius 1 is 1.11 bits per heavy atom. The molecule has 2 N–H and O–H groups in total. The van der Waals surface area contributed by atoms with Crippen LogP contribution in [0.4, 0.5) is 0 Å². The van der Waals surface area contributed by atoms with Gasteiger partial charge < -0.3 is 14.8 Å². The van der Waals surface area contributed by atoms with Crippen molar-refractivity contribution in [1.29, 1.82) is 0 Å². The van der Waals surface area contributed by atoms with Crippen LogP contribution in [0.5, 0.6) is 0 Å². The van der Waals surface area contributed by atoms with Crippen molar-refractivity contribution in [2.45, 2.75) is 44.8 Å². The Morgan fingerprint density at radius 2 is 1.71 bits per heavy atom. The summed E-state index contributed by atoms with van der Waals surface area (Å²) in [5.74, 6) is -0.717. The second-order valence-electron chi connectivity index (χ2n) is 8.38. The number of aromatic nitrogens is 1. The van der Waals surface area contributed by atoms with Gasteiger partial charge in [-0.25, -0.2) is 0 Å². The van der Waals surface area contributed by atoms with Gasteiger partial charge in [0.15, 0.2) is 0 Å². The normalized spacial score (nSPS) is 20.4. The number of pyridine rings is 1. The highest BCUT2D eigenvalue weighted by Crippen LogP contribution is 2.39. The summed E-state index contributed by atoms with van der Waals surface area (Å²) in [6, 6.07) is 13.7. The van der Waals surface area contributed by atoms with Gasteiger partial charge >= 0.3 is 5.97 Å². The summed E-state index contributed by atoms with van der Waals surface area (Å²) in [7, 11) is 0. The molecule has 28 heavy (non-hydrogen) atoms. The third-order valence-corrected chi connectivity index (χ3v) is 5.31. The van der Waals surface area contributed by atoms with Crippen LogP contribution >= 0.6 is 0 Å². The molecule has 6 nitrogen and oxygen atoms in total. The number of β-amino-alcohol motifs (C(OH)–C–C–N with tert-alkyl or cyclic N) is 1. The minimum Gasteiger partial charge on any atom is -0.480 e. The van der Waals surface area contributed by atoms with Crippen LogP contribution in [-0.2, 0) is 11.3 Å². The van der Waals surface area contributed by atoms with E-state index < -0.39 is 11.6 Å². The number of nitrogens with zero attached hydrogens (tertiary/aromatic N) is 2. The summed E-state index contributed by atoms with van der Waals surface area (Å²) < 4.78 is 1.28. The standard InChI is InChI=1S/C22H28N2O4/c1-15-9-17(10-20(25)24(15)13-21(26)27)19-12-23(14-22(2,3)28)11-18(19)16-7-5-4-6-8-16/h4-10,18-19,28H,11-14H2,1-3H3,(H,26,27). The molecule has 1 fully saturated rings. The zero-order valence-electron chi connectivity index (χ0n) is 16.6. The van der Waals surface area contributed by atoms with Gasteiger partial charge in [-0.05, 0) is 38.0 Å². The van der Waals surface area contributed by atoms with Gasteiger partial charge in [0.25, 0.3) is 5.56 Å². The molecule has 2 aromatic rings. The summed E-state index contributed by atoms with van der Waals surface area (Å²) in [6.07, 6.45) is 0. The monoisotopic (exact) mass is 384 g/mol. The first-order valence-corrected chi connectivity index (χ1v) is 9.57. The lowest BCUT2D eigenvalue weighted by atomic mass is 9.84. The summed E-state index contributed by atoms with van der Waals surface area (Å²) in [5, 5.41) is 19.3. The zero-order chi connectivity index (χ0) is 20.5. The molecule has 0 bridgehead atoms. The van der Waals surface area contributed by atoms with Crippen molar-refractivity contribution in [3.63, 3.8) is 0 Å². The quantitative estimate of drug-likeness (QED) is 0.798. The molecule has 1 saturated heterocycles. The summed E-state index contributed by atoms with van der Waals surface area (Å²) >= 11 is 0. The van der Waals surface area contributed by atoms with E-state index in [1.165, 1.54) is 10.1 Å². The fraction of sp³-hybridized carbons (Fsp3) is 0.455. The Bertz CT molecular complexity index is 899. The Kier molecular flexibility index (Phi) is 5.72. The molecule has 1 aromatic carbocycles. The maximum atomic E-state index is 12.6. The number of likely N-dealkylation sites (tertiary alicyclic amines) is 1. The largest absolute Gasteiger partial charge is 0.480 e. The first-order chi connectivity index (χ1) is 13.1. The third-order valence-electron chi connectivity index (χ3n) is 5.31. The lowest BCUT2D eigenvalue weighted by Crippen LogP contribution is -2.37. The van der Waals surface area contributed by atoms with Crippen LogP contribution in [0.3, 0.4) is 0 Å². The predicted molar refractivity (Wildman–Crippen MR) is 108 cm³/mol. The van der Waals surface area contributed by atoms with Gasteiger partial charge in [-0.1, -0.05) is 30.3 Å². The molecule has 0 amide bonds. The fourth-order valence-corrected chi connectivity index (χ4v) is 4.24. The Balaban J connectivity index is 1.97. The van der Waals surface area contributed by atoms with E-state index in [-0.39, 0.29) is 23.9 Å². The molecule has 6 heteroatoms. The highest BCUT2D eigenvalue weighted by atomic mass is 16.4. The first kappa shape index (κ1) is 20.3. The van der Waals surface area contributed by atoms with E-state index in [9.17, 15) is 14.7 Å². The number of carboxylic acid groups (broad SMARTS) is 1. The SMILES string of the molecule is Cc1cc(C2CN(CC(C)(C)O)CC2c2ccccc2)cc(=O)n1CC(=O)O. The van der Waals surface area contributed by atoms with Crippen LogP contribution in [0.25, 0.3) is 0 Å². The van der Waals surface area contributed by atoms with Crippen LogP contribution in [0, 0.1) is 6.92 Å². The number of aliphatic carboxylic acids is 1. The molecule has 2 unspecified atom stereocenters. The maximum absolute atomic E-state index is 12.6. The number of aryl methyl sites for hydroxylation is 1. The number of carboxylic acids is 1. The molecule has 0 aliphatic carbocycles. The second-order valence-corrected chi connectivity index (χ2v) is 8.38. The van der Waals surface area contributed by atoms with Crippen molar-refractivity contribution in [2.75, 3.05) is 19.6 Å². The van der Waals surface area contributed by atoms with Crippen LogP contribution in [0.2, 0.25) is 0 Å². The van der Waals surface area contributed by atoms with Crippen LogP contribution in [0.1, 0.15) is 42.5 Å². The molecule has 2 heterocycles. The van der Waals surface area contributed by atoms with Crippen molar-refractivity contribution in [3.05, 3.63) is 69.6 Å². The molecule has 1 aliphatic heterocycles. The first-order valence-electron chi connectivity index (χ1n) is 9.57. The summed E-state index contributed by atoms with van der Waals surface area (Å²) in [4.78, 5) is 25.8. The fourth-order valence-electron chi connectivity index (χ4n) is 4.24. The van der Waals surface area contributed by atoms with Crippen LogP contribution in [-0.4, -0.2) is 50.9 Å². The molecule has 0 saturated carbocycles. The van der Waals surface area contributed by atoms with Gasteiger partial charge in [-0.15, -0.1) is 0 Å². The molecule has 0 spiro atoms. The highest BCUT2D eigenvalue weighted by molar-refractivity contribution is 5.66. The van der Waals surface area contributed by atoms with E-state index in [2.05, 4.69) is 17.0 Å². The number of hydrogen-bond donors (Lipinski definition) is 2. The van der Waals surface area contributed by atoms with Gasteiger partial charge in [0.05, 0.1) is 5.60 Å². The van der Waals surface area contributed by atoms with E-state index in [4.69, 9.17) is 5.11 Å². The highest BCUT2D eigenvalue weighted by Gasteiger charge is 2.37. The molecular weight excluding hydrogens is 356 g/mol. The average molecular weight is 384 g/mol. The van der Waals surface area contributed by atoms with Crippen LogP contribution < -0.4 is 5.56 Å². The molecule has 0 radical (unpaired) electrons. The van der Waals surface area contributed by atoms with E-state index in [1.807, 2.05) is 24.3 Å². The van der Waals surface area contributed by atoms with E-state index in [1.54, 1.807) is 26.8 Å². The van der Waals surface area contributed by atoms with Crippen molar-refractivity contribution >= 4 is 5.97 Å². The van der Waals surface area contributed by atoms with Crippen molar-refractivity contribution in [3.8, 4) is 0 Å². The van der Waals surface area contributed by atoms with Crippen molar-refractivity contribution in [2.24, 2.45) is 0 Å². The number of benzene rings is 1. The van der Waals surface area contributed by atoms with E-state index >= 15 is 0 Å². The van der Waals surface area contributed by atoms with Gasteiger partial charge in [0, 0.05) is 43.2 Å². The van der Waals surface area contributed by atoms with E-state index in [0.717, 1.165) is 18.7 Å². The molecule has 150 valence electrons. The zero-order valence-corrected chi connectivity index (χ0v) is 16.6. The van der Waals surface area contributed by atoms with Gasteiger partial charge in [0.2, 0.25) is 0 Å². The molecule has 1 aliphatic rings. The van der Waals surface area contributed by atoms with Crippen LogP contribution in [0.15, 0.2) is 47.3 Å². The predicted octanol–water partition coefficient (Wildman–Crippen LogP) is 2.20. The summed E-state index contributed by atoms with van der Waals surface area (Å²) in [6.45, 7) is 7.14. The lowest BCUT2D eigenvalue weighted by molar-refractivity contribution is -0.137. The minimum atomic E-state index is -1.03. The Morgan fingerprint density at radius 3 is 2.25 bits per heavy atom. The summed E-state index contributed by atoms with van der Waals surface area (Å²) in [5.41, 5.74) is 1.70. The second kappa shape index (κ2) is 7.89. The molecular formula is C22H28N2O4. The van der Waals surface area contributed by atoms with Crippen molar-refractivity contribution in [1.82, 2.24) is 9.47 Å².